The number of amides is 1. The molecular weight excluding hydrogens is 442 g/mol. The molecule has 2 fully saturated rings. The molecule has 1 saturated heterocycles. The smallest absolute Gasteiger partial charge is 0.261 e. The average molecular weight is 474 g/mol. The molecule has 0 radical (unpaired) electrons. The van der Waals surface area contributed by atoms with Gasteiger partial charge in [-0.3, -0.25) is 9.48 Å². The molecule has 9 nitrogen and oxygen atoms in total. The number of morpholine rings is 1. The van der Waals surface area contributed by atoms with Gasteiger partial charge in [-0.2, -0.15) is 10.2 Å². The molecule has 9 heteroatoms. The quantitative estimate of drug-likeness (QED) is 0.465. The lowest BCUT2D eigenvalue weighted by Crippen LogP contribution is -2.36. The maximum absolute atomic E-state index is 13.3. The van der Waals surface area contributed by atoms with Crippen LogP contribution in [0.1, 0.15) is 55.4 Å². The maximum Gasteiger partial charge on any atom is 0.261 e. The van der Waals surface area contributed by atoms with Crippen molar-refractivity contribution < 1.29 is 9.53 Å². The summed E-state index contributed by atoms with van der Waals surface area (Å²) < 4.78 is 9.33. The maximum atomic E-state index is 13.3. The van der Waals surface area contributed by atoms with Gasteiger partial charge in [-0.05, 0) is 49.8 Å². The molecule has 4 heterocycles. The van der Waals surface area contributed by atoms with Crippen LogP contribution in [0.15, 0.2) is 43.0 Å². The Morgan fingerprint density at radius 2 is 2.00 bits per heavy atom. The molecule has 1 aliphatic heterocycles. The van der Waals surface area contributed by atoms with Gasteiger partial charge in [0.25, 0.3) is 5.91 Å². The molecule has 2 aliphatic rings. The molecule has 6 rings (SSSR count). The van der Waals surface area contributed by atoms with Crippen molar-refractivity contribution in [2.75, 3.05) is 36.5 Å². The van der Waals surface area contributed by atoms with Crippen LogP contribution in [-0.4, -0.2) is 56.6 Å². The SMILES string of the molecule is CCC1CCC(n2cc3cc(NC(=O)c4cnn5cccnc45)c(N4CCOCC4)cc3n2)CC1. The molecule has 0 spiro atoms. The second kappa shape index (κ2) is 9.30. The van der Waals surface area contributed by atoms with E-state index in [1.54, 1.807) is 29.2 Å². The van der Waals surface area contributed by atoms with E-state index in [2.05, 4.69) is 50.2 Å². The summed E-state index contributed by atoms with van der Waals surface area (Å²) in [5.74, 6) is 0.623. The first kappa shape index (κ1) is 22.0. The number of carbonyl (C=O) groups excluding carboxylic acids is 1. The lowest BCUT2D eigenvalue weighted by Gasteiger charge is -2.30. The molecule has 1 N–H and O–H groups in total. The van der Waals surface area contributed by atoms with E-state index in [0.29, 0.717) is 30.5 Å². The topological polar surface area (TPSA) is 89.6 Å². The number of hydrogen-bond acceptors (Lipinski definition) is 6. The number of aromatic nitrogens is 5. The van der Waals surface area contributed by atoms with Gasteiger partial charge in [0.2, 0.25) is 0 Å². The molecule has 3 aromatic heterocycles. The molecule has 0 unspecified atom stereocenters. The zero-order chi connectivity index (χ0) is 23.8. The van der Waals surface area contributed by atoms with Crippen molar-refractivity contribution in [3.05, 3.63) is 48.5 Å². The Labute approximate surface area is 204 Å². The van der Waals surface area contributed by atoms with Gasteiger partial charge in [0, 0.05) is 37.1 Å². The minimum absolute atomic E-state index is 0.224. The van der Waals surface area contributed by atoms with Crippen LogP contribution < -0.4 is 10.2 Å². The van der Waals surface area contributed by atoms with Crippen LogP contribution in [0.3, 0.4) is 0 Å². The highest BCUT2D eigenvalue weighted by molar-refractivity contribution is 6.10. The fraction of sp³-hybridized carbons (Fsp3) is 0.462. The number of anilines is 2. The number of nitrogens with one attached hydrogen (secondary N) is 1. The van der Waals surface area contributed by atoms with Crippen LogP contribution in [0, 0.1) is 5.92 Å². The Hall–Kier alpha value is -3.46. The van der Waals surface area contributed by atoms with Gasteiger partial charge in [0.1, 0.15) is 5.56 Å². The first-order valence-corrected chi connectivity index (χ1v) is 12.6. The van der Waals surface area contributed by atoms with Crippen molar-refractivity contribution in [2.24, 2.45) is 5.92 Å². The molecular formula is C26H31N7O2. The molecule has 35 heavy (non-hydrogen) atoms. The number of nitrogens with zero attached hydrogens (tertiary/aromatic N) is 6. The number of fused-ring (bicyclic) bond motifs is 2. The van der Waals surface area contributed by atoms with Crippen LogP contribution in [0.5, 0.6) is 0 Å². The molecule has 4 aromatic rings. The van der Waals surface area contributed by atoms with Gasteiger partial charge in [-0.1, -0.05) is 13.3 Å². The Morgan fingerprint density at radius 1 is 1.17 bits per heavy atom. The Morgan fingerprint density at radius 3 is 2.80 bits per heavy atom. The first-order valence-electron chi connectivity index (χ1n) is 12.6. The summed E-state index contributed by atoms with van der Waals surface area (Å²) in [6.45, 7) is 5.17. The number of benzene rings is 1. The van der Waals surface area contributed by atoms with E-state index < -0.39 is 0 Å². The van der Waals surface area contributed by atoms with Crippen molar-refractivity contribution >= 4 is 33.8 Å². The van der Waals surface area contributed by atoms with E-state index in [1.165, 1.54) is 32.1 Å². The van der Waals surface area contributed by atoms with Gasteiger partial charge in [0.15, 0.2) is 5.65 Å². The molecule has 0 bridgehead atoms. The summed E-state index contributed by atoms with van der Waals surface area (Å²) in [6.07, 6.45) is 13.3. The molecule has 0 atom stereocenters. The third kappa shape index (κ3) is 4.25. The molecule has 1 saturated carbocycles. The fourth-order valence-corrected chi connectivity index (χ4v) is 5.43. The second-order valence-electron chi connectivity index (χ2n) is 9.62. The van der Waals surface area contributed by atoms with E-state index in [0.717, 1.165) is 41.3 Å². The summed E-state index contributed by atoms with van der Waals surface area (Å²) in [7, 11) is 0. The minimum Gasteiger partial charge on any atom is -0.378 e. The number of ether oxygens (including phenoxy) is 1. The second-order valence-corrected chi connectivity index (χ2v) is 9.62. The van der Waals surface area contributed by atoms with Gasteiger partial charge >= 0.3 is 0 Å². The normalized spacial score (nSPS) is 21.0. The average Bonchev–Trinajstić information content (AvgIpc) is 3.53. The van der Waals surface area contributed by atoms with Gasteiger partial charge in [-0.25, -0.2) is 9.50 Å². The highest BCUT2D eigenvalue weighted by Crippen LogP contribution is 2.36. The third-order valence-corrected chi connectivity index (χ3v) is 7.53. The van der Waals surface area contributed by atoms with E-state index in [9.17, 15) is 4.79 Å². The van der Waals surface area contributed by atoms with Crippen molar-refractivity contribution in [1.82, 2.24) is 24.4 Å². The van der Waals surface area contributed by atoms with Crippen LogP contribution in [0.4, 0.5) is 11.4 Å². The largest absolute Gasteiger partial charge is 0.378 e. The predicted molar refractivity (Wildman–Crippen MR) is 135 cm³/mol. The number of carbonyl (C=O) groups is 1. The van der Waals surface area contributed by atoms with Crippen LogP contribution in [0.2, 0.25) is 0 Å². The van der Waals surface area contributed by atoms with Crippen molar-refractivity contribution in [2.45, 2.75) is 45.1 Å². The van der Waals surface area contributed by atoms with E-state index in [1.807, 2.05) is 0 Å². The predicted octanol–water partition coefficient (Wildman–Crippen LogP) is 4.31. The van der Waals surface area contributed by atoms with Gasteiger partial charge in [-0.15, -0.1) is 0 Å². The van der Waals surface area contributed by atoms with Crippen molar-refractivity contribution in [3.63, 3.8) is 0 Å². The Balaban J connectivity index is 1.34. The summed E-state index contributed by atoms with van der Waals surface area (Å²) in [5, 5.41) is 13.4. The lowest BCUT2D eigenvalue weighted by molar-refractivity contribution is 0.102. The van der Waals surface area contributed by atoms with Gasteiger partial charge < -0.3 is 15.0 Å². The Kier molecular flexibility index (Phi) is 5.85. The molecule has 1 aliphatic carbocycles. The molecule has 1 amide bonds. The Bertz CT molecular complexity index is 1350. The van der Waals surface area contributed by atoms with Crippen LogP contribution >= 0.6 is 0 Å². The fourth-order valence-electron chi connectivity index (χ4n) is 5.43. The summed E-state index contributed by atoms with van der Waals surface area (Å²) >= 11 is 0. The standard InChI is InChI=1S/C26H31N7O2/c1-2-18-4-6-20(7-5-18)33-17-19-14-23(24(15-22(19)30-33)31-10-12-35-13-11-31)29-26(34)21-16-28-32-9-3-8-27-25(21)32/h3,8-9,14-18,20H,2,4-7,10-13H2,1H3,(H,29,34). The number of hydrogen-bond donors (Lipinski definition) is 1. The van der Waals surface area contributed by atoms with Crippen LogP contribution in [0.25, 0.3) is 16.6 Å². The lowest BCUT2D eigenvalue weighted by atomic mass is 9.85. The van der Waals surface area contributed by atoms with Crippen molar-refractivity contribution in [1.29, 1.82) is 0 Å². The molecule has 182 valence electrons. The summed E-state index contributed by atoms with van der Waals surface area (Å²) in [6, 6.07) is 6.40. The summed E-state index contributed by atoms with van der Waals surface area (Å²) in [4.78, 5) is 19.9. The highest BCUT2D eigenvalue weighted by atomic mass is 16.5. The minimum atomic E-state index is -0.224. The highest BCUT2D eigenvalue weighted by Gasteiger charge is 2.24. The zero-order valence-corrected chi connectivity index (χ0v) is 20.1. The van der Waals surface area contributed by atoms with Crippen molar-refractivity contribution in [3.8, 4) is 0 Å². The van der Waals surface area contributed by atoms with Gasteiger partial charge in [0.05, 0.1) is 42.3 Å². The van der Waals surface area contributed by atoms with E-state index >= 15 is 0 Å². The van der Waals surface area contributed by atoms with E-state index in [4.69, 9.17) is 9.84 Å². The molecule has 1 aromatic carbocycles. The zero-order valence-electron chi connectivity index (χ0n) is 20.1. The first-order chi connectivity index (χ1) is 17.2. The summed E-state index contributed by atoms with van der Waals surface area (Å²) in [5.41, 5.74) is 3.68. The third-order valence-electron chi connectivity index (χ3n) is 7.53. The number of rotatable bonds is 5. The van der Waals surface area contributed by atoms with Crippen LogP contribution in [-0.2, 0) is 4.74 Å². The van der Waals surface area contributed by atoms with E-state index in [-0.39, 0.29) is 5.91 Å². The monoisotopic (exact) mass is 473 g/mol.